The van der Waals surface area contributed by atoms with E-state index in [1.807, 2.05) is 0 Å². The van der Waals surface area contributed by atoms with E-state index in [1.165, 1.54) is 0 Å². The van der Waals surface area contributed by atoms with Crippen molar-refractivity contribution in [1.29, 1.82) is 0 Å². The molecule has 0 aliphatic rings. The third kappa shape index (κ3) is 6.54. The van der Waals surface area contributed by atoms with Gasteiger partial charge >= 0.3 is 5.97 Å². The highest BCUT2D eigenvalue weighted by Crippen LogP contribution is 2.06. The Kier molecular flexibility index (Phi) is 6.54. The predicted molar refractivity (Wildman–Crippen MR) is 48.1 cm³/mol. The Morgan fingerprint density at radius 1 is 1.31 bits per heavy atom. The zero-order chi connectivity index (χ0) is 10.3. The van der Waals surface area contributed by atoms with E-state index in [4.69, 9.17) is 14.9 Å². The summed E-state index contributed by atoms with van der Waals surface area (Å²) >= 11 is 0. The molecule has 0 bridgehead atoms. The fraction of sp³-hybridized carbons (Fsp3) is 0.889. The highest BCUT2D eigenvalue weighted by Gasteiger charge is 2.10. The van der Waals surface area contributed by atoms with E-state index in [0.717, 1.165) is 0 Å². The SMILES string of the molecule is CC(C)OC(=O)CCC(CO)CO. The van der Waals surface area contributed by atoms with E-state index in [1.54, 1.807) is 13.8 Å². The minimum atomic E-state index is -0.276. The summed E-state index contributed by atoms with van der Waals surface area (Å²) in [6.07, 6.45) is 0.622. The van der Waals surface area contributed by atoms with Gasteiger partial charge in [-0.05, 0) is 20.3 Å². The van der Waals surface area contributed by atoms with Crippen LogP contribution in [0.4, 0.5) is 0 Å². The molecule has 0 aromatic carbocycles. The Balaban J connectivity index is 3.56. The molecule has 78 valence electrons. The van der Waals surface area contributed by atoms with Gasteiger partial charge in [-0.25, -0.2) is 0 Å². The van der Waals surface area contributed by atoms with E-state index in [9.17, 15) is 4.79 Å². The first-order valence-electron chi connectivity index (χ1n) is 4.51. The molecule has 0 heterocycles. The van der Waals surface area contributed by atoms with E-state index >= 15 is 0 Å². The highest BCUT2D eigenvalue weighted by molar-refractivity contribution is 5.69. The van der Waals surface area contributed by atoms with Gasteiger partial charge in [0.15, 0.2) is 0 Å². The summed E-state index contributed by atoms with van der Waals surface area (Å²) in [6.45, 7) is 3.39. The summed E-state index contributed by atoms with van der Waals surface area (Å²) in [4.78, 5) is 11.0. The van der Waals surface area contributed by atoms with Gasteiger partial charge < -0.3 is 14.9 Å². The Hall–Kier alpha value is -0.610. The normalized spacial score (nSPS) is 10.9. The van der Waals surface area contributed by atoms with Crippen molar-refractivity contribution in [1.82, 2.24) is 0 Å². The minimum absolute atomic E-state index is 0.0918. The maximum absolute atomic E-state index is 11.0. The second-order valence-corrected chi connectivity index (χ2v) is 3.31. The molecule has 4 heteroatoms. The maximum atomic E-state index is 11.0. The van der Waals surface area contributed by atoms with Crippen molar-refractivity contribution in [2.75, 3.05) is 13.2 Å². The van der Waals surface area contributed by atoms with Crippen LogP contribution in [0, 0.1) is 5.92 Å². The van der Waals surface area contributed by atoms with Crippen LogP contribution in [-0.4, -0.2) is 35.5 Å². The standard InChI is InChI=1S/C9H18O4/c1-7(2)13-9(12)4-3-8(5-10)6-11/h7-8,10-11H,3-6H2,1-2H3. The van der Waals surface area contributed by atoms with Crippen molar-refractivity contribution in [3.8, 4) is 0 Å². The number of carbonyl (C=O) groups is 1. The van der Waals surface area contributed by atoms with Crippen LogP contribution in [0.15, 0.2) is 0 Å². The van der Waals surface area contributed by atoms with Crippen molar-refractivity contribution in [3.05, 3.63) is 0 Å². The number of carbonyl (C=O) groups excluding carboxylic acids is 1. The molecule has 0 spiro atoms. The molecule has 0 aliphatic heterocycles. The van der Waals surface area contributed by atoms with Crippen molar-refractivity contribution in [2.45, 2.75) is 32.8 Å². The minimum Gasteiger partial charge on any atom is -0.463 e. The zero-order valence-electron chi connectivity index (χ0n) is 8.19. The summed E-state index contributed by atoms with van der Waals surface area (Å²) < 4.78 is 4.89. The van der Waals surface area contributed by atoms with Gasteiger partial charge in [0, 0.05) is 25.6 Å². The smallest absolute Gasteiger partial charge is 0.306 e. The molecule has 4 nitrogen and oxygen atoms in total. The first-order chi connectivity index (χ1) is 6.10. The second kappa shape index (κ2) is 6.86. The van der Waals surface area contributed by atoms with Gasteiger partial charge in [-0.15, -0.1) is 0 Å². The monoisotopic (exact) mass is 190 g/mol. The summed E-state index contributed by atoms with van der Waals surface area (Å²) in [6, 6.07) is 0. The number of hydrogen-bond donors (Lipinski definition) is 2. The van der Waals surface area contributed by atoms with Gasteiger partial charge in [0.25, 0.3) is 0 Å². The van der Waals surface area contributed by atoms with Crippen molar-refractivity contribution in [3.63, 3.8) is 0 Å². The Labute approximate surface area is 78.5 Å². The molecule has 0 fully saturated rings. The number of rotatable bonds is 6. The van der Waals surface area contributed by atoms with E-state index in [-0.39, 0.29) is 37.6 Å². The summed E-state index contributed by atoms with van der Waals surface area (Å²) in [7, 11) is 0. The van der Waals surface area contributed by atoms with Crippen molar-refractivity contribution < 1.29 is 19.7 Å². The van der Waals surface area contributed by atoms with Gasteiger partial charge in [0.05, 0.1) is 6.10 Å². The number of aliphatic hydroxyl groups is 2. The van der Waals surface area contributed by atoms with Crippen LogP contribution >= 0.6 is 0 Å². The zero-order valence-corrected chi connectivity index (χ0v) is 8.19. The van der Waals surface area contributed by atoms with Crippen molar-refractivity contribution >= 4 is 5.97 Å². The average Bonchev–Trinajstić information content (AvgIpc) is 2.05. The molecule has 2 N–H and O–H groups in total. The summed E-state index contributed by atoms with van der Waals surface area (Å²) in [5, 5.41) is 17.4. The van der Waals surface area contributed by atoms with Gasteiger partial charge in [-0.2, -0.15) is 0 Å². The van der Waals surface area contributed by atoms with Gasteiger partial charge in [-0.3, -0.25) is 4.79 Å². The fourth-order valence-electron chi connectivity index (χ4n) is 0.884. The summed E-state index contributed by atoms with van der Waals surface area (Å²) in [5.74, 6) is -0.485. The van der Waals surface area contributed by atoms with Crippen LogP contribution in [-0.2, 0) is 9.53 Å². The molecule has 0 aromatic rings. The molecule has 0 rings (SSSR count). The second-order valence-electron chi connectivity index (χ2n) is 3.31. The number of esters is 1. The third-order valence-corrected chi connectivity index (χ3v) is 1.64. The number of hydrogen-bond acceptors (Lipinski definition) is 4. The molecule has 0 atom stereocenters. The number of aliphatic hydroxyl groups excluding tert-OH is 2. The first kappa shape index (κ1) is 12.4. The lowest BCUT2D eigenvalue weighted by Crippen LogP contribution is -2.16. The maximum Gasteiger partial charge on any atom is 0.306 e. The third-order valence-electron chi connectivity index (χ3n) is 1.64. The van der Waals surface area contributed by atoms with E-state index in [0.29, 0.717) is 6.42 Å². The molecule has 0 saturated carbocycles. The molecule has 0 aromatic heterocycles. The van der Waals surface area contributed by atoms with E-state index < -0.39 is 0 Å². The van der Waals surface area contributed by atoms with Crippen LogP contribution in [0.25, 0.3) is 0 Å². The van der Waals surface area contributed by atoms with Gasteiger partial charge in [0.1, 0.15) is 0 Å². The Morgan fingerprint density at radius 3 is 2.23 bits per heavy atom. The molecule has 0 radical (unpaired) electrons. The number of ether oxygens (including phenoxy) is 1. The van der Waals surface area contributed by atoms with Gasteiger partial charge in [0.2, 0.25) is 0 Å². The highest BCUT2D eigenvalue weighted by atomic mass is 16.5. The lowest BCUT2D eigenvalue weighted by molar-refractivity contribution is -0.147. The summed E-state index contributed by atoms with van der Waals surface area (Å²) in [5.41, 5.74) is 0. The molecule has 13 heavy (non-hydrogen) atoms. The Morgan fingerprint density at radius 2 is 1.85 bits per heavy atom. The lowest BCUT2D eigenvalue weighted by atomic mass is 10.1. The average molecular weight is 190 g/mol. The molecule has 0 aliphatic carbocycles. The van der Waals surface area contributed by atoms with Crippen LogP contribution < -0.4 is 0 Å². The van der Waals surface area contributed by atoms with Crippen LogP contribution in [0.1, 0.15) is 26.7 Å². The first-order valence-corrected chi connectivity index (χ1v) is 4.51. The quantitative estimate of drug-likeness (QED) is 0.592. The topological polar surface area (TPSA) is 66.8 Å². The van der Waals surface area contributed by atoms with E-state index in [2.05, 4.69) is 0 Å². The van der Waals surface area contributed by atoms with Gasteiger partial charge in [-0.1, -0.05) is 0 Å². The fourth-order valence-corrected chi connectivity index (χ4v) is 0.884. The molecule has 0 amide bonds. The van der Waals surface area contributed by atoms with Crippen LogP contribution in [0.3, 0.4) is 0 Å². The van der Waals surface area contributed by atoms with Crippen LogP contribution in [0.2, 0.25) is 0 Å². The Bertz CT molecular complexity index is 141. The molecular formula is C9H18O4. The largest absolute Gasteiger partial charge is 0.463 e. The molecule has 0 saturated heterocycles. The molecular weight excluding hydrogens is 172 g/mol. The molecule has 0 unspecified atom stereocenters. The van der Waals surface area contributed by atoms with Crippen molar-refractivity contribution in [2.24, 2.45) is 5.92 Å². The lowest BCUT2D eigenvalue weighted by Gasteiger charge is -2.11. The predicted octanol–water partition coefficient (Wildman–Crippen LogP) is 0.319. The van der Waals surface area contributed by atoms with Crippen LogP contribution in [0.5, 0.6) is 0 Å².